The number of amides is 1. The largest absolute Gasteiger partial charge is 0.397 e. The third-order valence-corrected chi connectivity index (χ3v) is 2.60. The van der Waals surface area contributed by atoms with E-state index in [1.54, 1.807) is 12.1 Å². The third-order valence-electron chi connectivity index (χ3n) is 2.60. The summed E-state index contributed by atoms with van der Waals surface area (Å²) in [5.41, 5.74) is 13.3. The number of hydrogen-bond donors (Lipinski definition) is 3. The van der Waals surface area contributed by atoms with Crippen LogP contribution in [0, 0.1) is 5.92 Å². The normalized spacial score (nSPS) is 10.4. The maximum absolute atomic E-state index is 11.7. The lowest BCUT2D eigenvalue weighted by atomic mass is 10.2. The quantitative estimate of drug-likeness (QED) is 0.682. The number of hydrogen-bond acceptors (Lipinski definition) is 4. The van der Waals surface area contributed by atoms with Crippen molar-refractivity contribution in [2.24, 2.45) is 5.92 Å². The maximum Gasteiger partial charge on any atom is 0.239 e. The van der Waals surface area contributed by atoms with Crippen LogP contribution in [0.15, 0.2) is 18.2 Å². The Bertz CT molecular complexity index is 417. The number of carbonyl (C=O) groups excluding carboxylic acids is 1. The molecule has 1 aromatic rings. The van der Waals surface area contributed by atoms with E-state index in [-0.39, 0.29) is 5.91 Å². The molecule has 18 heavy (non-hydrogen) atoms. The van der Waals surface area contributed by atoms with E-state index in [1.165, 1.54) is 0 Å². The Hall–Kier alpha value is -1.91. The molecule has 0 bridgehead atoms. The van der Waals surface area contributed by atoms with Crippen LogP contribution in [0.1, 0.15) is 13.8 Å². The fraction of sp³-hybridized carbons (Fsp3) is 0.462. The Morgan fingerprint density at radius 3 is 2.56 bits per heavy atom. The Morgan fingerprint density at radius 1 is 1.33 bits per heavy atom. The first-order valence-corrected chi connectivity index (χ1v) is 6.03. The van der Waals surface area contributed by atoms with Crippen LogP contribution in [0.5, 0.6) is 0 Å². The van der Waals surface area contributed by atoms with Gasteiger partial charge in [-0.25, -0.2) is 0 Å². The number of nitrogens with two attached hydrogens (primary N) is 2. The van der Waals surface area contributed by atoms with Gasteiger partial charge in [0.2, 0.25) is 5.91 Å². The predicted molar refractivity (Wildman–Crippen MR) is 76.4 cm³/mol. The van der Waals surface area contributed by atoms with E-state index in [0.29, 0.717) is 30.4 Å². The van der Waals surface area contributed by atoms with Crippen molar-refractivity contribution in [3.05, 3.63) is 18.2 Å². The summed E-state index contributed by atoms with van der Waals surface area (Å²) in [6.07, 6.45) is 0. The third kappa shape index (κ3) is 4.16. The molecule has 1 aromatic carbocycles. The monoisotopic (exact) mass is 250 g/mol. The van der Waals surface area contributed by atoms with Gasteiger partial charge < -0.3 is 21.7 Å². The van der Waals surface area contributed by atoms with E-state index in [4.69, 9.17) is 11.5 Å². The summed E-state index contributed by atoms with van der Waals surface area (Å²) in [4.78, 5) is 13.5. The number of nitrogens with zero attached hydrogens (tertiary/aromatic N) is 1. The Kier molecular flexibility index (Phi) is 4.83. The van der Waals surface area contributed by atoms with Gasteiger partial charge in [-0.2, -0.15) is 0 Å². The van der Waals surface area contributed by atoms with Gasteiger partial charge >= 0.3 is 0 Å². The second-order valence-electron chi connectivity index (χ2n) is 4.87. The average Bonchev–Trinajstić information content (AvgIpc) is 2.30. The summed E-state index contributed by atoms with van der Waals surface area (Å²) >= 11 is 0. The highest BCUT2D eigenvalue weighted by atomic mass is 16.2. The molecule has 0 spiro atoms. The van der Waals surface area contributed by atoms with E-state index in [9.17, 15) is 4.79 Å². The van der Waals surface area contributed by atoms with Gasteiger partial charge in [0, 0.05) is 19.3 Å². The Morgan fingerprint density at radius 2 is 2.00 bits per heavy atom. The molecule has 1 amide bonds. The van der Waals surface area contributed by atoms with Gasteiger partial charge in [-0.3, -0.25) is 4.79 Å². The fourth-order valence-electron chi connectivity index (χ4n) is 1.48. The maximum atomic E-state index is 11.7. The topological polar surface area (TPSA) is 84.4 Å². The second-order valence-corrected chi connectivity index (χ2v) is 4.87. The Balaban J connectivity index is 2.56. The van der Waals surface area contributed by atoms with Gasteiger partial charge in [-0.1, -0.05) is 13.8 Å². The molecule has 5 heteroatoms. The number of likely N-dealkylation sites (N-methyl/N-ethyl adjacent to an activating group) is 1. The van der Waals surface area contributed by atoms with Crippen LogP contribution < -0.4 is 21.7 Å². The van der Waals surface area contributed by atoms with E-state index in [2.05, 4.69) is 19.2 Å². The Labute approximate surface area is 108 Å². The van der Waals surface area contributed by atoms with Crippen LogP contribution in [0.4, 0.5) is 17.1 Å². The number of rotatable bonds is 5. The molecule has 0 aliphatic rings. The fourth-order valence-corrected chi connectivity index (χ4v) is 1.48. The number of benzene rings is 1. The summed E-state index contributed by atoms with van der Waals surface area (Å²) in [7, 11) is 1.85. The highest BCUT2D eigenvalue weighted by Gasteiger charge is 2.08. The smallest absolute Gasteiger partial charge is 0.239 e. The molecule has 5 N–H and O–H groups in total. The molecule has 0 fully saturated rings. The van der Waals surface area contributed by atoms with Gasteiger partial charge in [-0.05, 0) is 24.1 Å². The van der Waals surface area contributed by atoms with Crippen molar-refractivity contribution < 1.29 is 4.79 Å². The lowest BCUT2D eigenvalue weighted by Gasteiger charge is -2.20. The first kappa shape index (κ1) is 14.2. The lowest BCUT2D eigenvalue weighted by molar-refractivity contribution is -0.119. The molecule has 0 aromatic heterocycles. The molecule has 0 aliphatic carbocycles. The summed E-state index contributed by atoms with van der Waals surface area (Å²) < 4.78 is 0. The van der Waals surface area contributed by atoms with Crippen LogP contribution in [-0.4, -0.2) is 26.0 Å². The van der Waals surface area contributed by atoms with Gasteiger partial charge in [0.1, 0.15) is 0 Å². The van der Waals surface area contributed by atoms with E-state index < -0.39 is 0 Å². The average molecular weight is 250 g/mol. The minimum atomic E-state index is 0.00148. The van der Waals surface area contributed by atoms with Crippen molar-refractivity contribution in [2.75, 3.05) is 36.5 Å². The highest BCUT2D eigenvalue weighted by Crippen LogP contribution is 2.21. The van der Waals surface area contributed by atoms with Crippen LogP contribution in [0.3, 0.4) is 0 Å². The number of nitrogens with one attached hydrogen (secondary N) is 1. The summed E-state index contributed by atoms with van der Waals surface area (Å²) in [5.74, 6) is 0.452. The van der Waals surface area contributed by atoms with E-state index in [1.807, 2.05) is 18.0 Å². The molecule has 0 heterocycles. The molecular weight excluding hydrogens is 228 g/mol. The zero-order valence-corrected chi connectivity index (χ0v) is 11.2. The van der Waals surface area contributed by atoms with E-state index >= 15 is 0 Å². The summed E-state index contributed by atoms with van der Waals surface area (Å²) in [6, 6.07) is 5.36. The first-order valence-electron chi connectivity index (χ1n) is 6.03. The van der Waals surface area contributed by atoms with Crippen LogP contribution >= 0.6 is 0 Å². The molecule has 0 aliphatic heterocycles. The predicted octanol–water partition coefficient (Wildman–Crippen LogP) is 1.06. The molecular formula is C13H22N4O. The van der Waals surface area contributed by atoms with Crippen molar-refractivity contribution in [2.45, 2.75) is 13.8 Å². The minimum absolute atomic E-state index is 0.00148. The van der Waals surface area contributed by atoms with Gasteiger partial charge in [0.05, 0.1) is 17.9 Å². The van der Waals surface area contributed by atoms with Gasteiger partial charge in [-0.15, -0.1) is 0 Å². The molecule has 0 radical (unpaired) electrons. The highest BCUT2D eigenvalue weighted by molar-refractivity contribution is 5.82. The van der Waals surface area contributed by atoms with Crippen molar-refractivity contribution >= 4 is 23.0 Å². The summed E-state index contributed by atoms with van der Waals surface area (Å²) in [6.45, 7) is 5.11. The number of anilines is 3. The van der Waals surface area contributed by atoms with Gasteiger partial charge in [0.25, 0.3) is 0 Å². The molecule has 0 atom stereocenters. The molecule has 100 valence electrons. The minimum Gasteiger partial charge on any atom is -0.397 e. The molecule has 5 nitrogen and oxygen atoms in total. The number of carbonyl (C=O) groups is 1. The number of nitrogen functional groups attached to an aromatic ring is 2. The van der Waals surface area contributed by atoms with Crippen molar-refractivity contribution in [3.8, 4) is 0 Å². The van der Waals surface area contributed by atoms with E-state index in [0.717, 1.165) is 5.69 Å². The molecule has 1 rings (SSSR count). The van der Waals surface area contributed by atoms with Crippen molar-refractivity contribution in [1.82, 2.24) is 5.32 Å². The van der Waals surface area contributed by atoms with Crippen LogP contribution in [-0.2, 0) is 4.79 Å². The van der Waals surface area contributed by atoms with Crippen LogP contribution in [0.25, 0.3) is 0 Å². The van der Waals surface area contributed by atoms with Crippen molar-refractivity contribution in [3.63, 3.8) is 0 Å². The van der Waals surface area contributed by atoms with Crippen molar-refractivity contribution in [1.29, 1.82) is 0 Å². The summed E-state index contributed by atoms with van der Waals surface area (Å²) in [5, 5.41) is 2.87. The van der Waals surface area contributed by atoms with Gasteiger partial charge in [0.15, 0.2) is 0 Å². The zero-order chi connectivity index (χ0) is 13.7. The van der Waals surface area contributed by atoms with Crippen LogP contribution in [0.2, 0.25) is 0 Å². The molecule has 0 saturated carbocycles. The molecule has 0 saturated heterocycles. The SMILES string of the molecule is CC(C)CNC(=O)CN(C)c1ccc(N)c(N)c1. The lowest BCUT2D eigenvalue weighted by Crippen LogP contribution is -2.36. The second kappa shape index (κ2) is 6.14. The standard InChI is InChI=1S/C13H22N4O/c1-9(2)7-16-13(18)8-17(3)10-4-5-11(14)12(15)6-10/h4-6,9H,7-8,14-15H2,1-3H3,(H,16,18). The molecule has 0 unspecified atom stereocenters. The first-order chi connectivity index (χ1) is 8.40. The zero-order valence-electron chi connectivity index (χ0n) is 11.2.